The Balaban J connectivity index is 1.63. The standard InChI is InChI=1S/C15H28N2O3S2/c1-12-4-3-6-17(9-12)13(2)8-16-15(18)10-21-14-5-7-22(19,20)11-14/h12-14H,3-11H2,1-2H3,(H,16,18)/t12-,13+,14+/m1/s1. The topological polar surface area (TPSA) is 66.5 Å². The van der Waals surface area contributed by atoms with Crippen LogP contribution < -0.4 is 5.32 Å². The molecule has 0 aromatic heterocycles. The van der Waals surface area contributed by atoms with Crippen LogP contribution >= 0.6 is 11.8 Å². The van der Waals surface area contributed by atoms with Crippen LogP contribution in [0, 0.1) is 5.92 Å². The van der Waals surface area contributed by atoms with Crippen LogP contribution in [-0.2, 0) is 14.6 Å². The molecule has 2 fully saturated rings. The molecule has 7 heteroatoms. The van der Waals surface area contributed by atoms with E-state index in [0.717, 1.165) is 19.0 Å². The van der Waals surface area contributed by atoms with E-state index in [1.54, 1.807) is 0 Å². The molecule has 0 radical (unpaired) electrons. The molecule has 0 unspecified atom stereocenters. The van der Waals surface area contributed by atoms with Gasteiger partial charge in [0.15, 0.2) is 9.84 Å². The van der Waals surface area contributed by atoms with Gasteiger partial charge in [0.2, 0.25) is 5.91 Å². The van der Waals surface area contributed by atoms with E-state index in [1.165, 1.54) is 24.6 Å². The zero-order valence-electron chi connectivity index (χ0n) is 13.6. The summed E-state index contributed by atoms with van der Waals surface area (Å²) in [5.74, 6) is 1.63. The zero-order valence-corrected chi connectivity index (χ0v) is 15.2. The van der Waals surface area contributed by atoms with Gasteiger partial charge in [-0.2, -0.15) is 0 Å². The number of carbonyl (C=O) groups excluding carboxylic acids is 1. The average molecular weight is 349 g/mol. The number of piperidine rings is 1. The van der Waals surface area contributed by atoms with E-state index in [9.17, 15) is 13.2 Å². The van der Waals surface area contributed by atoms with Gasteiger partial charge in [0, 0.05) is 24.4 Å². The summed E-state index contributed by atoms with van der Waals surface area (Å²) in [5.41, 5.74) is 0. The van der Waals surface area contributed by atoms with Crippen LogP contribution in [0.2, 0.25) is 0 Å². The first kappa shape index (κ1) is 18.1. The average Bonchev–Trinajstić information content (AvgIpc) is 2.82. The predicted molar refractivity (Wildman–Crippen MR) is 92.0 cm³/mol. The molecule has 0 aromatic rings. The van der Waals surface area contributed by atoms with Crippen molar-refractivity contribution < 1.29 is 13.2 Å². The van der Waals surface area contributed by atoms with Gasteiger partial charge >= 0.3 is 0 Å². The summed E-state index contributed by atoms with van der Waals surface area (Å²) in [5, 5.41) is 3.08. The number of likely N-dealkylation sites (tertiary alicyclic amines) is 1. The Labute approximate surface area is 138 Å². The quantitative estimate of drug-likeness (QED) is 0.780. The molecule has 5 nitrogen and oxygen atoms in total. The zero-order chi connectivity index (χ0) is 16.2. The molecule has 128 valence electrons. The normalized spacial score (nSPS) is 30.1. The Kier molecular flexibility index (Phi) is 6.58. The molecule has 2 heterocycles. The molecule has 1 amide bonds. The molecule has 2 saturated heterocycles. The van der Waals surface area contributed by atoms with E-state index in [1.807, 2.05) is 0 Å². The minimum Gasteiger partial charge on any atom is -0.354 e. The highest BCUT2D eigenvalue weighted by Crippen LogP contribution is 2.24. The first-order valence-corrected chi connectivity index (χ1v) is 11.1. The van der Waals surface area contributed by atoms with Crippen molar-refractivity contribution in [3.63, 3.8) is 0 Å². The lowest BCUT2D eigenvalue weighted by atomic mass is 9.99. The molecule has 0 bridgehead atoms. The maximum atomic E-state index is 11.9. The third-order valence-corrected chi connectivity index (χ3v) is 7.83. The van der Waals surface area contributed by atoms with Crippen LogP contribution in [0.25, 0.3) is 0 Å². The highest BCUT2D eigenvalue weighted by molar-refractivity contribution is 8.02. The fraction of sp³-hybridized carbons (Fsp3) is 0.933. The van der Waals surface area contributed by atoms with Crippen LogP contribution in [0.4, 0.5) is 0 Å². The Bertz CT molecular complexity index is 481. The molecule has 0 aliphatic carbocycles. The van der Waals surface area contributed by atoms with Crippen molar-refractivity contribution in [1.29, 1.82) is 0 Å². The lowest BCUT2D eigenvalue weighted by Crippen LogP contribution is -2.46. The smallest absolute Gasteiger partial charge is 0.230 e. The maximum absolute atomic E-state index is 11.9. The van der Waals surface area contributed by atoms with Crippen molar-refractivity contribution in [3.8, 4) is 0 Å². The Morgan fingerprint density at radius 2 is 2.18 bits per heavy atom. The minimum atomic E-state index is -2.85. The van der Waals surface area contributed by atoms with Crippen LogP contribution in [0.15, 0.2) is 0 Å². The van der Waals surface area contributed by atoms with Crippen molar-refractivity contribution in [2.75, 3.05) is 36.9 Å². The highest BCUT2D eigenvalue weighted by atomic mass is 32.2. The van der Waals surface area contributed by atoms with Gasteiger partial charge in [0.05, 0.1) is 17.3 Å². The number of amides is 1. The number of hydrogen-bond acceptors (Lipinski definition) is 5. The number of nitrogens with zero attached hydrogens (tertiary/aromatic N) is 1. The van der Waals surface area contributed by atoms with E-state index in [0.29, 0.717) is 24.8 Å². The van der Waals surface area contributed by atoms with Gasteiger partial charge < -0.3 is 5.32 Å². The van der Waals surface area contributed by atoms with Crippen molar-refractivity contribution in [1.82, 2.24) is 10.2 Å². The summed E-state index contributed by atoms with van der Waals surface area (Å²) in [4.78, 5) is 14.4. The molecule has 1 N–H and O–H groups in total. The van der Waals surface area contributed by atoms with E-state index in [-0.39, 0.29) is 22.7 Å². The van der Waals surface area contributed by atoms with Gasteiger partial charge in [-0.3, -0.25) is 9.69 Å². The number of nitrogens with one attached hydrogen (secondary N) is 1. The molecule has 0 saturated carbocycles. The molecule has 2 rings (SSSR count). The highest BCUT2D eigenvalue weighted by Gasteiger charge is 2.28. The molecule has 0 aromatic carbocycles. The van der Waals surface area contributed by atoms with E-state index < -0.39 is 9.84 Å². The van der Waals surface area contributed by atoms with E-state index >= 15 is 0 Å². The summed E-state index contributed by atoms with van der Waals surface area (Å²) < 4.78 is 22.8. The second-order valence-electron chi connectivity index (χ2n) is 6.73. The summed E-state index contributed by atoms with van der Waals surface area (Å²) in [6, 6.07) is 0.364. The number of thioether (sulfide) groups is 1. The summed E-state index contributed by atoms with van der Waals surface area (Å²) in [6.45, 7) is 7.36. The lowest BCUT2D eigenvalue weighted by molar-refractivity contribution is -0.118. The minimum absolute atomic E-state index is 0.0196. The van der Waals surface area contributed by atoms with Crippen molar-refractivity contribution in [2.24, 2.45) is 5.92 Å². The Morgan fingerprint density at radius 1 is 1.41 bits per heavy atom. The number of hydrogen-bond donors (Lipinski definition) is 1. The van der Waals surface area contributed by atoms with Gasteiger partial charge in [-0.1, -0.05) is 6.92 Å². The van der Waals surface area contributed by atoms with Crippen LogP contribution in [0.1, 0.15) is 33.1 Å². The molecular formula is C15H28N2O3S2. The van der Waals surface area contributed by atoms with Crippen molar-refractivity contribution in [3.05, 3.63) is 0 Å². The van der Waals surface area contributed by atoms with Crippen molar-refractivity contribution in [2.45, 2.75) is 44.4 Å². The summed E-state index contributed by atoms with van der Waals surface area (Å²) in [7, 11) is -2.85. The number of sulfone groups is 1. The first-order valence-electron chi connectivity index (χ1n) is 8.18. The van der Waals surface area contributed by atoms with Gasteiger partial charge in [0.1, 0.15) is 0 Å². The number of carbonyl (C=O) groups is 1. The fourth-order valence-corrected chi connectivity index (χ4v) is 6.63. The van der Waals surface area contributed by atoms with Crippen molar-refractivity contribution >= 4 is 27.5 Å². The fourth-order valence-electron chi connectivity index (χ4n) is 3.15. The van der Waals surface area contributed by atoms with Gasteiger partial charge in [-0.15, -0.1) is 11.8 Å². The van der Waals surface area contributed by atoms with Crippen LogP contribution in [0.3, 0.4) is 0 Å². The Morgan fingerprint density at radius 3 is 2.82 bits per heavy atom. The second kappa shape index (κ2) is 8.02. The first-order chi connectivity index (χ1) is 10.4. The van der Waals surface area contributed by atoms with Gasteiger partial charge in [-0.25, -0.2) is 8.42 Å². The molecule has 0 spiro atoms. The van der Waals surface area contributed by atoms with Crippen LogP contribution in [0.5, 0.6) is 0 Å². The van der Waals surface area contributed by atoms with E-state index in [2.05, 4.69) is 24.1 Å². The number of rotatable bonds is 6. The van der Waals surface area contributed by atoms with Gasteiger partial charge in [-0.05, 0) is 38.6 Å². The molecule has 3 atom stereocenters. The summed E-state index contributed by atoms with van der Waals surface area (Å²) >= 11 is 1.48. The van der Waals surface area contributed by atoms with E-state index in [4.69, 9.17) is 0 Å². The Hall–Kier alpha value is -0.270. The third kappa shape index (κ3) is 5.74. The summed E-state index contributed by atoms with van der Waals surface area (Å²) in [6.07, 6.45) is 3.23. The monoisotopic (exact) mass is 348 g/mol. The molecule has 2 aliphatic rings. The molecular weight excluding hydrogens is 320 g/mol. The van der Waals surface area contributed by atoms with Gasteiger partial charge in [0.25, 0.3) is 0 Å². The largest absolute Gasteiger partial charge is 0.354 e. The molecule has 2 aliphatic heterocycles. The molecule has 22 heavy (non-hydrogen) atoms. The SMILES string of the molecule is C[C@@H]1CCCN([C@@H](C)CNC(=O)CS[C@H]2CCS(=O)(=O)C2)C1. The predicted octanol–water partition coefficient (Wildman–Crippen LogP) is 1.14. The maximum Gasteiger partial charge on any atom is 0.230 e. The second-order valence-corrected chi connectivity index (χ2v) is 10.2. The lowest BCUT2D eigenvalue weighted by Gasteiger charge is -2.35. The third-order valence-electron chi connectivity index (χ3n) is 4.55. The van der Waals surface area contributed by atoms with Crippen LogP contribution in [-0.4, -0.2) is 67.4 Å².